The fourth-order valence-electron chi connectivity index (χ4n) is 2.64. The van der Waals surface area contributed by atoms with Gasteiger partial charge in [-0.1, -0.05) is 24.2 Å². The van der Waals surface area contributed by atoms with E-state index in [1.54, 1.807) is 31.2 Å². The molecule has 0 saturated heterocycles. The molecule has 2 atom stereocenters. The summed E-state index contributed by atoms with van der Waals surface area (Å²) < 4.78 is 0. The van der Waals surface area contributed by atoms with Crippen molar-refractivity contribution >= 4 is 11.8 Å². The van der Waals surface area contributed by atoms with Gasteiger partial charge in [0.15, 0.2) is 0 Å². The molecule has 0 spiro atoms. The SMILES string of the molecule is CCC(=CC(CN1C(=O)c2ccccc2C1=O)N=O)C(C)[N+](=O)[O-]. The summed E-state index contributed by atoms with van der Waals surface area (Å²) in [5, 5.41) is 13.8. The number of imide groups is 1. The lowest BCUT2D eigenvalue weighted by Gasteiger charge is -2.16. The number of nitrogens with zero attached hydrogens (tertiary/aromatic N) is 3. The van der Waals surface area contributed by atoms with Crippen LogP contribution in [0.25, 0.3) is 0 Å². The number of benzene rings is 1. The van der Waals surface area contributed by atoms with E-state index in [1.165, 1.54) is 13.0 Å². The summed E-state index contributed by atoms with van der Waals surface area (Å²) >= 11 is 0. The van der Waals surface area contributed by atoms with Crippen LogP contribution in [0.1, 0.15) is 41.0 Å². The summed E-state index contributed by atoms with van der Waals surface area (Å²) in [5.41, 5.74) is 0.997. The maximum atomic E-state index is 12.3. The van der Waals surface area contributed by atoms with Gasteiger partial charge < -0.3 is 0 Å². The first-order valence-corrected chi connectivity index (χ1v) is 7.52. The molecule has 0 radical (unpaired) electrons. The van der Waals surface area contributed by atoms with E-state index >= 15 is 0 Å². The average Bonchev–Trinajstić information content (AvgIpc) is 2.82. The van der Waals surface area contributed by atoms with Gasteiger partial charge in [-0.3, -0.25) is 24.6 Å². The van der Waals surface area contributed by atoms with Gasteiger partial charge in [0, 0.05) is 17.4 Å². The van der Waals surface area contributed by atoms with Gasteiger partial charge in [0.25, 0.3) is 11.8 Å². The molecule has 2 unspecified atom stereocenters. The zero-order chi connectivity index (χ0) is 17.9. The molecule has 1 aromatic carbocycles. The van der Waals surface area contributed by atoms with Gasteiger partial charge in [0.2, 0.25) is 6.04 Å². The molecule has 1 aliphatic heterocycles. The molecule has 1 aliphatic rings. The van der Waals surface area contributed by atoms with Crippen molar-refractivity contribution in [2.45, 2.75) is 32.4 Å². The van der Waals surface area contributed by atoms with Crippen molar-refractivity contribution in [3.8, 4) is 0 Å². The second-order valence-corrected chi connectivity index (χ2v) is 5.50. The number of carbonyl (C=O) groups excluding carboxylic acids is 2. The number of amides is 2. The van der Waals surface area contributed by atoms with Crippen molar-refractivity contribution in [2.24, 2.45) is 5.18 Å². The molecule has 8 heteroatoms. The molecule has 2 amide bonds. The largest absolute Gasteiger partial charge is 0.272 e. The maximum absolute atomic E-state index is 12.3. The molecule has 0 aromatic heterocycles. The standard InChI is InChI=1S/C16H17N3O5/c1-3-11(10(2)19(23)24)8-12(17-22)9-18-15(20)13-6-4-5-7-14(13)16(18)21/h4-8,10,12H,3,9H2,1-2H3. The van der Waals surface area contributed by atoms with Crippen LogP contribution in [0.15, 0.2) is 41.1 Å². The Morgan fingerprint density at radius 2 is 1.83 bits per heavy atom. The Morgan fingerprint density at radius 3 is 2.25 bits per heavy atom. The third kappa shape index (κ3) is 3.22. The van der Waals surface area contributed by atoms with E-state index in [0.29, 0.717) is 12.0 Å². The Balaban J connectivity index is 2.23. The first kappa shape index (κ1) is 17.5. The second kappa shape index (κ2) is 7.12. The Hall–Kier alpha value is -2.90. The van der Waals surface area contributed by atoms with Crippen molar-refractivity contribution in [1.82, 2.24) is 4.90 Å². The molecule has 1 heterocycles. The van der Waals surface area contributed by atoms with E-state index in [-0.39, 0.29) is 17.7 Å². The van der Waals surface area contributed by atoms with Gasteiger partial charge in [-0.15, -0.1) is 0 Å². The van der Waals surface area contributed by atoms with E-state index in [1.807, 2.05) is 0 Å². The monoisotopic (exact) mass is 331 g/mol. The van der Waals surface area contributed by atoms with Gasteiger partial charge in [0.1, 0.15) is 6.04 Å². The lowest BCUT2D eigenvalue weighted by atomic mass is 10.0. The fraction of sp³-hybridized carbons (Fsp3) is 0.375. The zero-order valence-corrected chi connectivity index (χ0v) is 13.3. The first-order chi connectivity index (χ1) is 11.4. The number of rotatable bonds is 7. The Bertz CT molecular complexity index is 693. The molecular weight excluding hydrogens is 314 g/mol. The summed E-state index contributed by atoms with van der Waals surface area (Å²) in [7, 11) is 0. The van der Waals surface area contributed by atoms with Gasteiger partial charge in [0.05, 0.1) is 17.7 Å². The van der Waals surface area contributed by atoms with Crippen molar-refractivity contribution in [2.75, 3.05) is 6.54 Å². The minimum atomic E-state index is -1.02. The molecule has 0 aliphatic carbocycles. The molecule has 126 valence electrons. The summed E-state index contributed by atoms with van der Waals surface area (Å²) in [6.45, 7) is 2.92. The van der Waals surface area contributed by atoms with Crippen LogP contribution in [0.2, 0.25) is 0 Å². The summed E-state index contributed by atoms with van der Waals surface area (Å²) in [6, 6.07) is 4.40. The first-order valence-electron chi connectivity index (χ1n) is 7.52. The van der Waals surface area contributed by atoms with Gasteiger partial charge in [-0.05, 0) is 24.6 Å². The lowest BCUT2D eigenvalue weighted by Crippen LogP contribution is -2.36. The number of hydrogen-bond acceptors (Lipinski definition) is 6. The molecule has 8 nitrogen and oxygen atoms in total. The minimum absolute atomic E-state index is 0.232. The van der Waals surface area contributed by atoms with Crippen molar-refractivity contribution < 1.29 is 14.5 Å². The van der Waals surface area contributed by atoms with Gasteiger partial charge in [-0.25, -0.2) is 0 Å². The van der Waals surface area contributed by atoms with E-state index in [2.05, 4.69) is 5.18 Å². The minimum Gasteiger partial charge on any atom is -0.272 e. The predicted octanol–water partition coefficient (Wildman–Crippen LogP) is 2.42. The highest BCUT2D eigenvalue weighted by Gasteiger charge is 2.36. The maximum Gasteiger partial charge on any atom is 0.261 e. The van der Waals surface area contributed by atoms with Crippen LogP contribution >= 0.6 is 0 Å². The van der Waals surface area contributed by atoms with Crippen molar-refractivity contribution in [3.05, 3.63) is 62.1 Å². The molecule has 24 heavy (non-hydrogen) atoms. The van der Waals surface area contributed by atoms with Gasteiger partial charge >= 0.3 is 0 Å². The molecular formula is C16H17N3O5. The van der Waals surface area contributed by atoms with E-state index in [0.717, 1.165) is 4.90 Å². The molecule has 0 saturated carbocycles. The molecule has 0 fully saturated rings. The van der Waals surface area contributed by atoms with Crippen LogP contribution in [0.3, 0.4) is 0 Å². The Kier molecular flexibility index (Phi) is 5.18. The van der Waals surface area contributed by atoms with Crippen molar-refractivity contribution in [1.29, 1.82) is 0 Å². The predicted molar refractivity (Wildman–Crippen MR) is 86.2 cm³/mol. The number of nitro groups is 1. The smallest absolute Gasteiger partial charge is 0.261 e. The normalized spacial score (nSPS) is 16.8. The highest BCUT2D eigenvalue weighted by molar-refractivity contribution is 6.21. The Morgan fingerprint density at radius 1 is 1.29 bits per heavy atom. The highest BCUT2D eigenvalue weighted by atomic mass is 16.6. The summed E-state index contributed by atoms with van der Waals surface area (Å²) in [5.74, 6) is -0.976. The molecule has 0 N–H and O–H groups in total. The van der Waals surface area contributed by atoms with E-state index in [9.17, 15) is 24.6 Å². The second-order valence-electron chi connectivity index (χ2n) is 5.50. The lowest BCUT2D eigenvalue weighted by molar-refractivity contribution is -0.508. The summed E-state index contributed by atoms with van der Waals surface area (Å²) in [6.07, 6.45) is 1.75. The number of hydrogen-bond donors (Lipinski definition) is 0. The van der Waals surface area contributed by atoms with Crippen LogP contribution < -0.4 is 0 Å². The van der Waals surface area contributed by atoms with E-state index < -0.39 is 28.8 Å². The van der Waals surface area contributed by atoms with Crippen LogP contribution in [-0.4, -0.2) is 40.3 Å². The molecule has 2 rings (SSSR count). The van der Waals surface area contributed by atoms with Crippen LogP contribution in [0, 0.1) is 15.0 Å². The average molecular weight is 331 g/mol. The third-order valence-electron chi connectivity index (χ3n) is 4.05. The topological polar surface area (TPSA) is 110 Å². The summed E-state index contributed by atoms with van der Waals surface area (Å²) in [4.78, 5) is 47.1. The molecule has 0 bridgehead atoms. The van der Waals surface area contributed by atoms with Crippen LogP contribution in [-0.2, 0) is 0 Å². The number of carbonyl (C=O) groups is 2. The van der Waals surface area contributed by atoms with Crippen molar-refractivity contribution in [3.63, 3.8) is 0 Å². The molecule has 1 aromatic rings. The number of fused-ring (bicyclic) bond motifs is 1. The fourth-order valence-corrected chi connectivity index (χ4v) is 2.64. The van der Waals surface area contributed by atoms with Crippen LogP contribution in [0.5, 0.6) is 0 Å². The highest BCUT2D eigenvalue weighted by Crippen LogP contribution is 2.23. The Labute approximate surface area is 138 Å². The van der Waals surface area contributed by atoms with Gasteiger partial charge in [-0.2, -0.15) is 4.91 Å². The number of nitroso groups, excluding NO2 is 1. The van der Waals surface area contributed by atoms with E-state index in [4.69, 9.17) is 0 Å². The zero-order valence-electron chi connectivity index (χ0n) is 13.3. The quantitative estimate of drug-likeness (QED) is 0.250. The van der Waals surface area contributed by atoms with Crippen LogP contribution in [0.4, 0.5) is 0 Å². The third-order valence-corrected chi connectivity index (χ3v) is 4.05.